The Labute approximate surface area is 171 Å². The molecular formula is C20H19N7OS. The maximum absolute atomic E-state index is 12.9. The van der Waals surface area contributed by atoms with Gasteiger partial charge in [0, 0.05) is 50.2 Å². The van der Waals surface area contributed by atoms with Crippen molar-refractivity contribution in [1.82, 2.24) is 29.4 Å². The molecule has 9 heteroatoms. The van der Waals surface area contributed by atoms with Crippen molar-refractivity contribution in [2.75, 3.05) is 31.1 Å². The first-order valence-electron chi connectivity index (χ1n) is 9.39. The van der Waals surface area contributed by atoms with Gasteiger partial charge >= 0.3 is 0 Å². The quantitative estimate of drug-likeness (QED) is 0.521. The second kappa shape index (κ2) is 7.25. The second-order valence-corrected chi connectivity index (χ2v) is 7.78. The van der Waals surface area contributed by atoms with Crippen LogP contribution < -0.4 is 4.90 Å². The van der Waals surface area contributed by atoms with Crippen LogP contribution in [0.3, 0.4) is 0 Å². The maximum atomic E-state index is 12.9. The van der Waals surface area contributed by atoms with Crippen LogP contribution in [0.25, 0.3) is 16.0 Å². The van der Waals surface area contributed by atoms with Crippen molar-refractivity contribution in [3.8, 4) is 5.82 Å². The molecule has 0 atom stereocenters. The molecule has 8 nitrogen and oxygen atoms in total. The van der Waals surface area contributed by atoms with Crippen LogP contribution in [0.1, 0.15) is 16.2 Å². The van der Waals surface area contributed by atoms with E-state index in [1.54, 1.807) is 29.4 Å². The SMILES string of the molecule is Cc1nccn1-c1cc(N2CCN(C(=O)c3ccc4ncsc4c3)CC2)ncn1. The van der Waals surface area contributed by atoms with Crippen LogP contribution >= 0.6 is 11.3 Å². The van der Waals surface area contributed by atoms with Crippen LogP contribution in [0, 0.1) is 6.92 Å². The molecule has 4 heterocycles. The number of carbonyl (C=O) groups excluding carboxylic acids is 1. The number of thiazole rings is 1. The van der Waals surface area contributed by atoms with Gasteiger partial charge in [-0.15, -0.1) is 11.3 Å². The third-order valence-corrected chi connectivity index (χ3v) is 5.97. The monoisotopic (exact) mass is 405 g/mol. The lowest BCUT2D eigenvalue weighted by atomic mass is 10.1. The van der Waals surface area contributed by atoms with Crippen LogP contribution in [-0.2, 0) is 0 Å². The summed E-state index contributed by atoms with van der Waals surface area (Å²) in [4.78, 5) is 34.3. The van der Waals surface area contributed by atoms with E-state index in [4.69, 9.17) is 0 Å². The molecule has 3 aromatic heterocycles. The van der Waals surface area contributed by atoms with Gasteiger partial charge in [0.1, 0.15) is 23.8 Å². The van der Waals surface area contributed by atoms with Crippen molar-refractivity contribution in [3.63, 3.8) is 0 Å². The Kier molecular flexibility index (Phi) is 4.44. The molecule has 1 aliphatic heterocycles. The first kappa shape index (κ1) is 17.7. The van der Waals surface area contributed by atoms with E-state index >= 15 is 0 Å². The number of fused-ring (bicyclic) bond motifs is 1. The van der Waals surface area contributed by atoms with Crippen LogP contribution in [0.4, 0.5) is 5.82 Å². The summed E-state index contributed by atoms with van der Waals surface area (Å²) in [7, 11) is 0. The predicted molar refractivity (Wildman–Crippen MR) is 112 cm³/mol. The van der Waals surface area contributed by atoms with Gasteiger partial charge in [0.2, 0.25) is 0 Å². The Morgan fingerprint density at radius 3 is 2.62 bits per heavy atom. The van der Waals surface area contributed by atoms with Crippen LogP contribution in [-0.4, -0.2) is 61.5 Å². The number of anilines is 1. The summed E-state index contributed by atoms with van der Waals surface area (Å²) in [5.74, 6) is 2.60. The highest BCUT2D eigenvalue weighted by molar-refractivity contribution is 7.16. The number of aromatic nitrogens is 5. The fourth-order valence-corrected chi connectivity index (χ4v) is 4.29. The zero-order valence-electron chi connectivity index (χ0n) is 15.9. The Morgan fingerprint density at radius 1 is 1.00 bits per heavy atom. The van der Waals surface area contributed by atoms with E-state index in [2.05, 4.69) is 24.8 Å². The molecule has 0 aliphatic carbocycles. The number of aryl methyl sites for hydroxylation is 1. The number of imidazole rings is 1. The zero-order chi connectivity index (χ0) is 19.8. The summed E-state index contributed by atoms with van der Waals surface area (Å²) in [6.45, 7) is 4.71. The van der Waals surface area contributed by atoms with E-state index in [1.165, 1.54) is 0 Å². The molecular weight excluding hydrogens is 386 g/mol. The van der Waals surface area contributed by atoms with E-state index in [1.807, 2.05) is 46.9 Å². The average molecular weight is 405 g/mol. The Hall–Kier alpha value is -3.33. The van der Waals surface area contributed by atoms with Gasteiger partial charge < -0.3 is 9.80 Å². The summed E-state index contributed by atoms with van der Waals surface area (Å²) in [5, 5.41) is 0. The maximum Gasteiger partial charge on any atom is 0.254 e. The van der Waals surface area contributed by atoms with Crippen molar-refractivity contribution in [2.45, 2.75) is 6.92 Å². The topological polar surface area (TPSA) is 80.0 Å². The fraction of sp³-hybridized carbons (Fsp3) is 0.250. The van der Waals surface area contributed by atoms with Gasteiger partial charge in [-0.3, -0.25) is 9.36 Å². The fourth-order valence-electron chi connectivity index (χ4n) is 3.57. The highest BCUT2D eigenvalue weighted by Gasteiger charge is 2.23. The number of carbonyl (C=O) groups is 1. The molecule has 0 spiro atoms. The summed E-state index contributed by atoms with van der Waals surface area (Å²) in [5.41, 5.74) is 3.46. The van der Waals surface area contributed by atoms with E-state index in [0.717, 1.165) is 46.3 Å². The van der Waals surface area contributed by atoms with Gasteiger partial charge in [0.05, 0.1) is 15.7 Å². The largest absolute Gasteiger partial charge is 0.353 e. The predicted octanol–water partition coefficient (Wildman–Crippen LogP) is 2.54. The third kappa shape index (κ3) is 3.33. The van der Waals surface area contributed by atoms with Gasteiger partial charge in [-0.2, -0.15) is 0 Å². The first-order chi connectivity index (χ1) is 14.2. The van der Waals surface area contributed by atoms with Gasteiger partial charge in [0.15, 0.2) is 0 Å². The van der Waals surface area contributed by atoms with Crippen molar-refractivity contribution < 1.29 is 4.79 Å². The first-order valence-corrected chi connectivity index (χ1v) is 10.3. The number of amides is 1. The minimum atomic E-state index is 0.0670. The van der Waals surface area contributed by atoms with Gasteiger partial charge in [-0.1, -0.05) is 0 Å². The number of rotatable bonds is 3. The molecule has 0 N–H and O–H groups in total. The van der Waals surface area contributed by atoms with E-state index in [-0.39, 0.29) is 5.91 Å². The van der Waals surface area contributed by atoms with Crippen LogP contribution in [0.15, 0.2) is 48.5 Å². The van der Waals surface area contributed by atoms with Crippen LogP contribution in [0.5, 0.6) is 0 Å². The number of hydrogen-bond donors (Lipinski definition) is 0. The number of benzene rings is 1. The molecule has 29 heavy (non-hydrogen) atoms. The molecule has 1 amide bonds. The molecule has 0 unspecified atom stereocenters. The van der Waals surface area contributed by atoms with E-state index in [9.17, 15) is 4.79 Å². The second-order valence-electron chi connectivity index (χ2n) is 6.89. The molecule has 146 valence electrons. The number of nitrogens with zero attached hydrogens (tertiary/aromatic N) is 7. The Balaban J connectivity index is 1.29. The molecule has 1 saturated heterocycles. The molecule has 4 aromatic rings. The molecule has 1 aliphatic rings. The highest BCUT2D eigenvalue weighted by atomic mass is 32.1. The molecule has 0 saturated carbocycles. The molecule has 5 rings (SSSR count). The lowest BCUT2D eigenvalue weighted by molar-refractivity contribution is 0.0746. The number of piperazine rings is 1. The van der Waals surface area contributed by atoms with Gasteiger partial charge in [0.25, 0.3) is 5.91 Å². The Bertz CT molecular complexity index is 1180. The zero-order valence-corrected chi connectivity index (χ0v) is 16.7. The third-order valence-electron chi connectivity index (χ3n) is 5.18. The normalized spacial score (nSPS) is 14.5. The Morgan fingerprint density at radius 2 is 1.83 bits per heavy atom. The summed E-state index contributed by atoms with van der Waals surface area (Å²) < 4.78 is 2.97. The summed E-state index contributed by atoms with van der Waals surface area (Å²) >= 11 is 1.55. The standard InChI is InChI=1S/C20H19N7OS/c1-14-21-4-5-27(14)19-11-18(22-12-23-19)25-6-8-26(9-7-25)20(28)15-2-3-16-17(10-15)29-13-24-16/h2-5,10-13H,6-9H2,1H3. The molecule has 1 aromatic carbocycles. The minimum absolute atomic E-state index is 0.0670. The van der Waals surface area contributed by atoms with Crippen molar-refractivity contribution in [1.29, 1.82) is 0 Å². The molecule has 0 bridgehead atoms. The lowest BCUT2D eigenvalue weighted by Crippen LogP contribution is -2.49. The summed E-state index contributed by atoms with van der Waals surface area (Å²) in [6.07, 6.45) is 5.22. The lowest BCUT2D eigenvalue weighted by Gasteiger charge is -2.35. The molecule has 0 radical (unpaired) electrons. The van der Waals surface area contributed by atoms with Gasteiger partial charge in [-0.05, 0) is 25.1 Å². The highest BCUT2D eigenvalue weighted by Crippen LogP contribution is 2.21. The van der Waals surface area contributed by atoms with E-state index in [0.29, 0.717) is 13.1 Å². The van der Waals surface area contributed by atoms with E-state index < -0.39 is 0 Å². The van der Waals surface area contributed by atoms with Crippen LogP contribution in [0.2, 0.25) is 0 Å². The summed E-state index contributed by atoms with van der Waals surface area (Å²) in [6, 6.07) is 7.67. The smallest absolute Gasteiger partial charge is 0.254 e. The number of hydrogen-bond acceptors (Lipinski definition) is 7. The van der Waals surface area contributed by atoms with Crippen molar-refractivity contribution >= 4 is 33.3 Å². The van der Waals surface area contributed by atoms with Crippen molar-refractivity contribution in [3.05, 3.63) is 59.9 Å². The molecule has 1 fully saturated rings. The van der Waals surface area contributed by atoms with Crippen molar-refractivity contribution in [2.24, 2.45) is 0 Å². The van der Waals surface area contributed by atoms with Gasteiger partial charge in [-0.25, -0.2) is 19.9 Å². The average Bonchev–Trinajstić information content (AvgIpc) is 3.41. The minimum Gasteiger partial charge on any atom is -0.353 e.